The van der Waals surface area contributed by atoms with Gasteiger partial charge in [-0.25, -0.2) is 4.79 Å². The highest BCUT2D eigenvalue weighted by Gasteiger charge is 2.22. The molecule has 11 heteroatoms. The number of aromatic nitrogens is 2. The number of ether oxygens (including phenoxy) is 2. The van der Waals surface area contributed by atoms with Crippen LogP contribution in [0.3, 0.4) is 0 Å². The minimum Gasteiger partial charge on any atom is -0.472 e. The quantitative estimate of drug-likeness (QED) is 0.517. The molecule has 0 radical (unpaired) electrons. The van der Waals surface area contributed by atoms with Crippen molar-refractivity contribution in [2.24, 2.45) is 5.73 Å². The summed E-state index contributed by atoms with van der Waals surface area (Å²) in [5.74, 6) is -0.628. The number of anilines is 1. The van der Waals surface area contributed by atoms with Gasteiger partial charge in [-0.3, -0.25) is 20.0 Å². The van der Waals surface area contributed by atoms with E-state index in [-0.39, 0.29) is 23.1 Å². The number of carbonyl (C=O) groups excluding carboxylic acids is 2. The van der Waals surface area contributed by atoms with Gasteiger partial charge in [0.15, 0.2) is 0 Å². The van der Waals surface area contributed by atoms with E-state index in [4.69, 9.17) is 15.2 Å². The molecule has 1 aliphatic rings. The van der Waals surface area contributed by atoms with Crippen LogP contribution in [0.15, 0.2) is 24.5 Å². The number of rotatable bonds is 9. The number of amides is 3. The van der Waals surface area contributed by atoms with Crippen LogP contribution in [0.4, 0.5) is 9.80 Å². The fourth-order valence-electron chi connectivity index (χ4n) is 2.79. The van der Waals surface area contributed by atoms with Crippen LogP contribution in [-0.2, 0) is 11.3 Å². The second-order valence-electron chi connectivity index (χ2n) is 6.39. The molecule has 0 spiro atoms. The first-order chi connectivity index (χ1) is 14.1. The number of primary amides is 1. The van der Waals surface area contributed by atoms with Gasteiger partial charge in [0, 0.05) is 37.6 Å². The third-order valence-electron chi connectivity index (χ3n) is 4.27. The number of hydrogen-bond donors (Lipinski definition) is 3. The van der Waals surface area contributed by atoms with Crippen LogP contribution >= 0.6 is 11.5 Å². The summed E-state index contributed by atoms with van der Waals surface area (Å²) in [5, 5.41) is 5.66. The highest BCUT2D eigenvalue weighted by atomic mass is 32.1. The zero-order chi connectivity index (χ0) is 20.5. The van der Waals surface area contributed by atoms with E-state index in [1.807, 2.05) is 6.07 Å². The van der Waals surface area contributed by atoms with E-state index in [0.29, 0.717) is 6.54 Å². The molecule has 0 unspecified atom stereocenters. The molecule has 1 saturated heterocycles. The number of pyridine rings is 1. The first kappa shape index (κ1) is 21.0. The fourth-order valence-corrected chi connectivity index (χ4v) is 3.52. The predicted octanol–water partition coefficient (Wildman–Crippen LogP) is 1.06. The lowest BCUT2D eigenvalue weighted by atomic mass is 10.3. The van der Waals surface area contributed by atoms with E-state index in [2.05, 4.69) is 24.9 Å². The van der Waals surface area contributed by atoms with Crippen LogP contribution in [0.2, 0.25) is 0 Å². The van der Waals surface area contributed by atoms with Crippen LogP contribution < -0.4 is 21.1 Å². The second-order valence-corrected chi connectivity index (χ2v) is 7.17. The van der Waals surface area contributed by atoms with Gasteiger partial charge in [0.1, 0.15) is 17.2 Å². The van der Waals surface area contributed by atoms with Crippen molar-refractivity contribution in [2.45, 2.75) is 13.0 Å². The highest BCUT2D eigenvalue weighted by molar-refractivity contribution is 7.11. The number of nitrogens with zero attached hydrogens (tertiary/aromatic N) is 3. The SMILES string of the molecule is NC(=O)c1c(OCc2cccnc2)nsc1NC(=O)NCCCN1CCOCC1. The maximum absolute atomic E-state index is 12.1. The molecule has 3 amide bonds. The van der Waals surface area contributed by atoms with Gasteiger partial charge in [0.25, 0.3) is 5.91 Å². The first-order valence-corrected chi connectivity index (χ1v) is 10.1. The van der Waals surface area contributed by atoms with Crippen molar-refractivity contribution in [3.05, 3.63) is 35.7 Å². The Morgan fingerprint density at radius 1 is 1.34 bits per heavy atom. The monoisotopic (exact) mass is 420 g/mol. The van der Waals surface area contributed by atoms with Crippen molar-refractivity contribution >= 4 is 28.5 Å². The van der Waals surface area contributed by atoms with Crippen LogP contribution in [0.25, 0.3) is 0 Å². The van der Waals surface area contributed by atoms with Crippen LogP contribution in [0, 0.1) is 0 Å². The van der Waals surface area contributed by atoms with Crippen LogP contribution in [0.1, 0.15) is 22.3 Å². The standard InChI is InChI=1S/C18H24N6O4S/c19-15(25)14-16(28-12-13-3-1-4-20-11-13)23-29-17(14)22-18(26)21-5-2-6-24-7-9-27-10-8-24/h1,3-4,11H,2,5-10,12H2,(H2,19,25)(H2,21,22,26). The minimum absolute atomic E-state index is 0.0577. The molecule has 3 heterocycles. The molecule has 1 fully saturated rings. The van der Waals surface area contributed by atoms with Crippen molar-refractivity contribution in [3.8, 4) is 5.88 Å². The normalized spacial score (nSPS) is 14.3. The van der Waals surface area contributed by atoms with Crippen molar-refractivity contribution < 1.29 is 19.1 Å². The summed E-state index contributed by atoms with van der Waals surface area (Å²) < 4.78 is 15.0. The summed E-state index contributed by atoms with van der Waals surface area (Å²) in [6.07, 6.45) is 4.13. The molecule has 2 aromatic heterocycles. The Labute approximate surface area is 172 Å². The van der Waals surface area contributed by atoms with E-state index < -0.39 is 11.9 Å². The van der Waals surface area contributed by atoms with Gasteiger partial charge in [0.05, 0.1) is 13.2 Å². The molecule has 0 saturated carbocycles. The summed E-state index contributed by atoms with van der Waals surface area (Å²) in [4.78, 5) is 30.3. The molecule has 156 valence electrons. The number of hydrogen-bond acceptors (Lipinski definition) is 8. The maximum atomic E-state index is 12.1. The van der Waals surface area contributed by atoms with Crippen molar-refractivity contribution in [2.75, 3.05) is 44.7 Å². The van der Waals surface area contributed by atoms with Crippen molar-refractivity contribution in [1.82, 2.24) is 19.6 Å². The number of nitrogens with two attached hydrogens (primary N) is 1. The lowest BCUT2D eigenvalue weighted by Gasteiger charge is -2.26. The maximum Gasteiger partial charge on any atom is 0.319 e. The smallest absolute Gasteiger partial charge is 0.319 e. The van der Waals surface area contributed by atoms with Gasteiger partial charge in [-0.15, -0.1) is 0 Å². The molecule has 10 nitrogen and oxygen atoms in total. The average Bonchev–Trinajstić information content (AvgIpc) is 3.14. The molecule has 0 bridgehead atoms. The highest BCUT2D eigenvalue weighted by Crippen LogP contribution is 2.30. The van der Waals surface area contributed by atoms with Gasteiger partial charge in [-0.2, -0.15) is 4.37 Å². The molecule has 2 aromatic rings. The summed E-state index contributed by atoms with van der Waals surface area (Å²) >= 11 is 0.944. The van der Waals surface area contributed by atoms with Gasteiger partial charge in [-0.1, -0.05) is 6.07 Å². The van der Waals surface area contributed by atoms with E-state index >= 15 is 0 Å². The molecule has 1 aliphatic heterocycles. The lowest BCUT2D eigenvalue weighted by molar-refractivity contribution is 0.0375. The summed E-state index contributed by atoms with van der Waals surface area (Å²) in [5.41, 5.74) is 6.34. The third-order valence-corrected chi connectivity index (χ3v) is 5.02. The molecular formula is C18H24N6O4S. The van der Waals surface area contributed by atoms with Crippen LogP contribution in [0.5, 0.6) is 5.88 Å². The van der Waals surface area contributed by atoms with Crippen LogP contribution in [-0.4, -0.2) is 65.6 Å². The number of morpholine rings is 1. The molecule has 0 aromatic carbocycles. The van der Waals surface area contributed by atoms with E-state index in [0.717, 1.165) is 56.4 Å². The molecule has 4 N–H and O–H groups in total. The Morgan fingerprint density at radius 2 is 2.17 bits per heavy atom. The Kier molecular flexibility index (Phi) is 7.73. The molecule has 0 aliphatic carbocycles. The van der Waals surface area contributed by atoms with Crippen molar-refractivity contribution in [3.63, 3.8) is 0 Å². The Bertz CT molecular complexity index is 810. The summed E-state index contributed by atoms with van der Waals surface area (Å²) in [7, 11) is 0. The predicted molar refractivity (Wildman–Crippen MR) is 108 cm³/mol. The minimum atomic E-state index is -0.720. The van der Waals surface area contributed by atoms with Gasteiger partial charge in [-0.05, 0) is 30.6 Å². The second kappa shape index (κ2) is 10.7. The Hall–Kier alpha value is -2.76. The van der Waals surface area contributed by atoms with E-state index in [1.165, 1.54) is 0 Å². The fraction of sp³-hybridized carbons (Fsp3) is 0.444. The first-order valence-electron chi connectivity index (χ1n) is 9.29. The van der Waals surface area contributed by atoms with Gasteiger partial charge >= 0.3 is 6.03 Å². The number of carbonyl (C=O) groups is 2. The average molecular weight is 420 g/mol. The van der Waals surface area contributed by atoms with E-state index in [1.54, 1.807) is 18.5 Å². The molecule has 3 rings (SSSR count). The molecular weight excluding hydrogens is 396 g/mol. The lowest BCUT2D eigenvalue weighted by Crippen LogP contribution is -2.38. The van der Waals surface area contributed by atoms with Gasteiger partial charge < -0.3 is 20.5 Å². The topological polar surface area (TPSA) is 132 Å². The zero-order valence-electron chi connectivity index (χ0n) is 15.9. The van der Waals surface area contributed by atoms with Gasteiger partial charge in [0.2, 0.25) is 5.88 Å². The number of urea groups is 1. The van der Waals surface area contributed by atoms with E-state index in [9.17, 15) is 9.59 Å². The number of nitrogens with one attached hydrogen (secondary N) is 2. The zero-order valence-corrected chi connectivity index (χ0v) is 16.7. The third kappa shape index (κ3) is 6.38. The largest absolute Gasteiger partial charge is 0.472 e. The summed E-state index contributed by atoms with van der Waals surface area (Å²) in [6.45, 7) is 4.92. The molecule has 0 atom stereocenters. The summed E-state index contributed by atoms with van der Waals surface area (Å²) in [6, 6.07) is 3.20. The molecule has 29 heavy (non-hydrogen) atoms. The Balaban J connectivity index is 1.48. The Morgan fingerprint density at radius 3 is 2.90 bits per heavy atom. The van der Waals surface area contributed by atoms with Crippen molar-refractivity contribution in [1.29, 1.82) is 0 Å².